The molecule has 0 aromatic heterocycles. The first-order chi connectivity index (χ1) is 14.2. The van der Waals surface area contributed by atoms with Gasteiger partial charge < -0.3 is 14.0 Å². The fourth-order valence-corrected chi connectivity index (χ4v) is 3.68. The van der Waals surface area contributed by atoms with Crippen molar-refractivity contribution in [3.05, 3.63) is 59.9 Å². The van der Waals surface area contributed by atoms with Gasteiger partial charge in [0.05, 0.1) is 0 Å². The molecule has 0 bridgehead atoms. The van der Waals surface area contributed by atoms with E-state index >= 15 is 0 Å². The quantitative estimate of drug-likeness (QED) is 0.503. The average molecular weight is 437 g/mol. The lowest BCUT2D eigenvalue weighted by Crippen LogP contribution is -2.36. The molecule has 0 heterocycles. The van der Waals surface area contributed by atoms with E-state index in [9.17, 15) is 17.6 Å². The first-order valence-corrected chi connectivity index (χ1v) is 11.3. The summed E-state index contributed by atoms with van der Waals surface area (Å²) in [7, 11) is -0.123. The molecule has 0 fully saturated rings. The number of carbonyl (C=O) groups excluding carboxylic acids is 1. The Hall–Kier alpha value is -2.45. The van der Waals surface area contributed by atoms with E-state index in [-0.39, 0.29) is 16.6 Å². The molecule has 0 aliphatic heterocycles. The number of hydrogen-bond donors (Lipinski definition) is 0. The molecule has 0 saturated carbocycles. The van der Waals surface area contributed by atoms with Crippen molar-refractivity contribution in [3.8, 4) is 5.75 Å². The number of benzene rings is 2. The van der Waals surface area contributed by atoms with Crippen LogP contribution < -0.4 is 4.18 Å². The molecule has 2 aromatic rings. The molecule has 0 N–H and O–H groups in total. The Morgan fingerprint density at radius 1 is 1.00 bits per heavy atom. The summed E-state index contributed by atoms with van der Waals surface area (Å²) in [6.07, 6.45) is 2.33. The van der Waals surface area contributed by atoms with Crippen molar-refractivity contribution in [2.45, 2.75) is 37.6 Å². The van der Waals surface area contributed by atoms with Crippen LogP contribution in [0.1, 0.15) is 31.7 Å². The lowest BCUT2D eigenvalue weighted by Gasteiger charge is -2.24. The zero-order chi connectivity index (χ0) is 22.1. The lowest BCUT2D eigenvalue weighted by molar-refractivity contribution is -0.132. The van der Waals surface area contributed by atoms with Crippen molar-refractivity contribution in [2.24, 2.45) is 0 Å². The summed E-state index contributed by atoms with van der Waals surface area (Å²) in [6, 6.07) is 11.0. The summed E-state index contributed by atoms with van der Waals surface area (Å²) in [5.41, 5.74) is 0.880. The Bertz CT molecular complexity index is 913. The van der Waals surface area contributed by atoms with E-state index in [1.54, 1.807) is 24.3 Å². The van der Waals surface area contributed by atoms with Crippen LogP contribution in [0.15, 0.2) is 53.4 Å². The van der Waals surface area contributed by atoms with Crippen LogP contribution in [0.4, 0.5) is 4.39 Å². The van der Waals surface area contributed by atoms with Crippen LogP contribution in [0.2, 0.25) is 0 Å². The minimum absolute atomic E-state index is 0.109. The predicted molar refractivity (Wildman–Crippen MR) is 114 cm³/mol. The van der Waals surface area contributed by atoms with Gasteiger partial charge in [-0.25, -0.2) is 4.39 Å². The third kappa shape index (κ3) is 7.42. The minimum Gasteiger partial charge on any atom is -0.379 e. The summed E-state index contributed by atoms with van der Waals surface area (Å²) in [5, 5.41) is 0. The number of unbranched alkanes of at least 4 members (excludes halogenated alkanes) is 1. The topological polar surface area (TPSA) is 66.9 Å². The third-order valence-electron chi connectivity index (χ3n) is 4.52. The SMILES string of the molecule is CCCCC(=O)N(CCN(C)C)Cc1ccc(OS(=O)(=O)c2ccc(F)cc2)cc1. The van der Waals surface area contributed by atoms with Gasteiger partial charge in [0, 0.05) is 26.1 Å². The van der Waals surface area contributed by atoms with Gasteiger partial charge in [0.25, 0.3) is 0 Å². The highest BCUT2D eigenvalue weighted by Crippen LogP contribution is 2.20. The maximum Gasteiger partial charge on any atom is 0.339 e. The van der Waals surface area contributed by atoms with Crippen molar-refractivity contribution in [2.75, 3.05) is 27.2 Å². The number of nitrogens with zero attached hydrogens (tertiary/aromatic N) is 2. The maximum absolute atomic E-state index is 13.0. The van der Waals surface area contributed by atoms with Crippen LogP contribution in [-0.2, 0) is 21.5 Å². The van der Waals surface area contributed by atoms with Crippen molar-refractivity contribution < 1.29 is 21.8 Å². The van der Waals surface area contributed by atoms with Gasteiger partial charge in [-0.2, -0.15) is 8.42 Å². The molecule has 0 aliphatic carbocycles. The second-order valence-electron chi connectivity index (χ2n) is 7.36. The molecule has 6 nitrogen and oxygen atoms in total. The van der Waals surface area contributed by atoms with Crippen LogP contribution in [0.25, 0.3) is 0 Å². The van der Waals surface area contributed by atoms with Crippen LogP contribution in [-0.4, -0.2) is 51.3 Å². The number of amides is 1. The second-order valence-corrected chi connectivity index (χ2v) is 8.90. The summed E-state index contributed by atoms with van der Waals surface area (Å²) in [6.45, 7) is 3.87. The van der Waals surface area contributed by atoms with Gasteiger partial charge in [0.1, 0.15) is 16.5 Å². The van der Waals surface area contributed by atoms with Crippen molar-refractivity contribution in [1.82, 2.24) is 9.80 Å². The number of halogens is 1. The van der Waals surface area contributed by atoms with Gasteiger partial charge in [-0.3, -0.25) is 4.79 Å². The molecule has 0 spiro atoms. The molecule has 0 aliphatic rings. The molecule has 8 heteroatoms. The zero-order valence-electron chi connectivity index (χ0n) is 17.7. The number of rotatable bonds is 11. The largest absolute Gasteiger partial charge is 0.379 e. The van der Waals surface area contributed by atoms with Crippen LogP contribution >= 0.6 is 0 Å². The number of likely N-dealkylation sites (N-methyl/N-ethyl adjacent to an activating group) is 1. The van der Waals surface area contributed by atoms with Crippen LogP contribution in [0.3, 0.4) is 0 Å². The molecule has 0 radical (unpaired) electrons. The van der Waals surface area contributed by atoms with Crippen molar-refractivity contribution >= 4 is 16.0 Å². The van der Waals surface area contributed by atoms with Gasteiger partial charge >= 0.3 is 10.1 Å². The standard InChI is InChI=1S/C22H29FN2O4S/c1-4-5-6-22(26)25(16-15-24(2)3)17-18-7-11-20(12-8-18)29-30(27,28)21-13-9-19(23)10-14-21/h7-14H,4-6,15-17H2,1-3H3. The van der Waals surface area contributed by atoms with Crippen molar-refractivity contribution in [1.29, 1.82) is 0 Å². The summed E-state index contributed by atoms with van der Waals surface area (Å²) >= 11 is 0. The van der Waals surface area contributed by atoms with Gasteiger partial charge in [-0.15, -0.1) is 0 Å². The average Bonchev–Trinajstić information content (AvgIpc) is 2.70. The lowest BCUT2D eigenvalue weighted by atomic mass is 10.1. The van der Waals surface area contributed by atoms with E-state index in [0.717, 1.165) is 49.2 Å². The Morgan fingerprint density at radius 3 is 2.20 bits per heavy atom. The monoisotopic (exact) mass is 436 g/mol. The van der Waals surface area contributed by atoms with Crippen LogP contribution in [0.5, 0.6) is 5.75 Å². The Labute approximate surface area is 178 Å². The molecule has 2 aromatic carbocycles. The van der Waals surface area contributed by atoms with E-state index in [1.807, 2.05) is 23.9 Å². The summed E-state index contributed by atoms with van der Waals surface area (Å²) < 4.78 is 42.8. The molecule has 2 rings (SSSR count). The smallest absolute Gasteiger partial charge is 0.339 e. The summed E-state index contributed by atoms with van der Waals surface area (Å²) in [4.78, 5) is 16.3. The highest BCUT2D eigenvalue weighted by atomic mass is 32.2. The molecular weight excluding hydrogens is 407 g/mol. The molecule has 30 heavy (non-hydrogen) atoms. The Morgan fingerprint density at radius 2 is 1.63 bits per heavy atom. The molecule has 0 saturated heterocycles. The first-order valence-electron chi connectivity index (χ1n) is 9.93. The molecule has 0 atom stereocenters. The fourth-order valence-electron chi connectivity index (χ4n) is 2.75. The van der Waals surface area contributed by atoms with Crippen LogP contribution in [0, 0.1) is 5.82 Å². The van der Waals surface area contributed by atoms with Gasteiger partial charge in [-0.05, 0) is 62.5 Å². The van der Waals surface area contributed by atoms with Gasteiger partial charge in [0.2, 0.25) is 5.91 Å². The predicted octanol–water partition coefficient (Wildman–Crippen LogP) is 3.67. The zero-order valence-corrected chi connectivity index (χ0v) is 18.5. The first kappa shape index (κ1) is 23.8. The second kappa shape index (κ2) is 11.1. The van der Waals surface area contributed by atoms with E-state index in [4.69, 9.17) is 4.18 Å². The van der Waals surface area contributed by atoms with E-state index in [0.29, 0.717) is 19.5 Å². The molecule has 0 unspecified atom stereocenters. The number of carbonyl (C=O) groups is 1. The van der Waals surface area contributed by atoms with Gasteiger partial charge in [0.15, 0.2) is 0 Å². The highest BCUT2D eigenvalue weighted by molar-refractivity contribution is 7.87. The highest BCUT2D eigenvalue weighted by Gasteiger charge is 2.17. The van der Waals surface area contributed by atoms with E-state index in [2.05, 4.69) is 6.92 Å². The maximum atomic E-state index is 13.0. The minimum atomic E-state index is -4.04. The fraction of sp³-hybridized carbons (Fsp3) is 0.409. The van der Waals surface area contributed by atoms with E-state index < -0.39 is 15.9 Å². The normalized spacial score (nSPS) is 11.5. The Kier molecular flexibility index (Phi) is 8.80. The molecule has 1 amide bonds. The Balaban J connectivity index is 2.06. The van der Waals surface area contributed by atoms with Gasteiger partial charge in [-0.1, -0.05) is 25.5 Å². The van der Waals surface area contributed by atoms with Crippen molar-refractivity contribution in [3.63, 3.8) is 0 Å². The number of hydrogen-bond acceptors (Lipinski definition) is 5. The molecular formula is C22H29FN2O4S. The van der Waals surface area contributed by atoms with E-state index in [1.165, 1.54) is 0 Å². The molecule has 164 valence electrons. The third-order valence-corrected chi connectivity index (χ3v) is 5.78. The summed E-state index contributed by atoms with van der Waals surface area (Å²) in [5.74, 6) is -0.260.